The third kappa shape index (κ3) is 7.71. The summed E-state index contributed by atoms with van der Waals surface area (Å²) in [6.45, 7) is 2.61. The predicted molar refractivity (Wildman–Crippen MR) is 209 cm³/mol. The Kier molecular flexibility index (Phi) is 10.7. The molecule has 3 N–H and O–H groups in total. The van der Waals surface area contributed by atoms with Gasteiger partial charge in [-0.1, -0.05) is 84.9 Å². The van der Waals surface area contributed by atoms with E-state index in [1.165, 1.54) is 0 Å². The molecule has 0 bridgehead atoms. The zero-order chi connectivity index (χ0) is 37.8. The number of amides is 2. The minimum absolute atomic E-state index is 0.0888. The van der Waals surface area contributed by atoms with Crippen LogP contribution >= 0.6 is 0 Å². The van der Waals surface area contributed by atoms with E-state index in [9.17, 15) is 9.59 Å². The number of nitrogens with one attached hydrogen (secondary N) is 3. The first-order valence-electron chi connectivity index (χ1n) is 18.2. The van der Waals surface area contributed by atoms with E-state index in [0.29, 0.717) is 18.2 Å². The fraction of sp³-hybridized carbons (Fsp3) is 0.286. The maximum Gasteiger partial charge on any atom is 0.245 e. The molecule has 54 heavy (non-hydrogen) atoms. The first kappa shape index (κ1) is 36.4. The molecule has 6 aromatic rings. The molecule has 7 rings (SSSR count). The highest BCUT2D eigenvalue weighted by molar-refractivity contribution is 5.84. The van der Waals surface area contributed by atoms with Gasteiger partial charge in [0.05, 0.1) is 35.9 Å². The number of aromatic amines is 2. The summed E-state index contributed by atoms with van der Waals surface area (Å²) in [6.07, 6.45) is 8.90. The van der Waals surface area contributed by atoms with Crippen LogP contribution in [0.15, 0.2) is 110 Å². The van der Waals surface area contributed by atoms with E-state index in [2.05, 4.69) is 30.2 Å². The Morgan fingerprint density at radius 2 is 1.28 bits per heavy atom. The lowest BCUT2D eigenvalue weighted by Crippen LogP contribution is -2.40. The molecule has 0 saturated carbocycles. The number of aromatic nitrogens is 6. The SMILES string of the molecule is C[C@H](NC(=O)[C@@H](c1ccccc1)N(C)C)c1ncc(-c2cnc(-c3ccc(-c4cnc([C@H]5CCCN5C(=O)[C@@H](c5ccccc5)N(C)C)[nH]4)cc3)nc2)[nH]1. The summed E-state index contributed by atoms with van der Waals surface area (Å²) in [5, 5.41) is 3.09. The maximum atomic E-state index is 13.9. The Balaban J connectivity index is 0.992. The lowest BCUT2D eigenvalue weighted by molar-refractivity contribution is -0.137. The molecule has 1 aliphatic heterocycles. The lowest BCUT2D eigenvalue weighted by atomic mass is 10.0. The number of likely N-dealkylation sites (tertiary alicyclic amines) is 1. The number of benzene rings is 3. The molecular formula is C42H46N10O2. The topological polar surface area (TPSA) is 139 Å². The highest BCUT2D eigenvalue weighted by atomic mass is 16.2. The monoisotopic (exact) mass is 722 g/mol. The highest BCUT2D eigenvalue weighted by Gasteiger charge is 2.37. The molecule has 0 radical (unpaired) electrons. The van der Waals surface area contributed by atoms with Crippen molar-refractivity contribution in [1.82, 2.24) is 49.9 Å². The van der Waals surface area contributed by atoms with Crippen molar-refractivity contribution in [3.05, 3.63) is 132 Å². The van der Waals surface area contributed by atoms with Crippen molar-refractivity contribution in [3.63, 3.8) is 0 Å². The zero-order valence-corrected chi connectivity index (χ0v) is 31.3. The molecule has 276 valence electrons. The Bertz CT molecular complexity index is 2160. The number of hydrogen-bond acceptors (Lipinski definition) is 8. The predicted octanol–water partition coefficient (Wildman–Crippen LogP) is 6.37. The van der Waals surface area contributed by atoms with Crippen LogP contribution in [0.3, 0.4) is 0 Å². The molecule has 4 atom stereocenters. The molecular weight excluding hydrogens is 677 g/mol. The van der Waals surface area contributed by atoms with Gasteiger partial charge in [0, 0.05) is 30.1 Å². The quantitative estimate of drug-likeness (QED) is 0.133. The van der Waals surface area contributed by atoms with Gasteiger partial charge in [-0.15, -0.1) is 0 Å². The number of rotatable bonds is 12. The van der Waals surface area contributed by atoms with Gasteiger partial charge in [0.2, 0.25) is 11.8 Å². The second kappa shape index (κ2) is 15.9. The average molecular weight is 723 g/mol. The van der Waals surface area contributed by atoms with Crippen LogP contribution < -0.4 is 5.32 Å². The number of nitrogens with zero attached hydrogens (tertiary/aromatic N) is 7. The average Bonchev–Trinajstić information content (AvgIpc) is 3.98. The summed E-state index contributed by atoms with van der Waals surface area (Å²) in [6, 6.07) is 26.5. The molecule has 4 heterocycles. The van der Waals surface area contributed by atoms with Gasteiger partial charge in [0.25, 0.3) is 0 Å². The van der Waals surface area contributed by atoms with Gasteiger partial charge in [-0.25, -0.2) is 19.9 Å². The van der Waals surface area contributed by atoms with Gasteiger partial charge in [0.15, 0.2) is 5.82 Å². The highest BCUT2D eigenvalue weighted by Crippen LogP contribution is 2.35. The van der Waals surface area contributed by atoms with Crippen molar-refractivity contribution in [2.45, 2.75) is 43.9 Å². The Hall–Kier alpha value is -5.98. The van der Waals surface area contributed by atoms with Crippen molar-refractivity contribution in [2.24, 2.45) is 0 Å². The molecule has 12 nitrogen and oxygen atoms in total. The third-order valence-corrected chi connectivity index (χ3v) is 9.97. The summed E-state index contributed by atoms with van der Waals surface area (Å²) in [5.74, 6) is 2.02. The normalized spacial score (nSPS) is 16.1. The van der Waals surface area contributed by atoms with Crippen LogP contribution in [0, 0.1) is 0 Å². The van der Waals surface area contributed by atoms with Crippen molar-refractivity contribution in [3.8, 4) is 33.9 Å². The van der Waals surface area contributed by atoms with E-state index in [1.807, 2.05) is 141 Å². The molecule has 0 unspecified atom stereocenters. The first-order chi connectivity index (χ1) is 26.2. The van der Waals surface area contributed by atoms with E-state index in [1.54, 1.807) is 18.6 Å². The maximum absolute atomic E-state index is 13.9. The number of H-pyrrole nitrogens is 2. The van der Waals surface area contributed by atoms with Crippen molar-refractivity contribution < 1.29 is 9.59 Å². The number of hydrogen-bond donors (Lipinski definition) is 3. The second-order valence-corrected chi connectivity index (χ2v) is 14.2. The van der Waals surface area contributed by atoms with E-state index in [0.717, 1.165) is 57.9 Å². The van der Waals surface area contributed by atoms with Gasteiger partial charge in [-0.3, -0.25) is 19.4 Å². The van der Waals surface area contributed by atoms with Crippen LogP contribution in [0.5, 0.6) is 0 Å². The van der Waals surface area contributed by atoms with E-state index < -0.39 is 6.04 Å². The van der Waals surface area contributed by atoms with E-state index in [-0.39, 0.29) is 29.9 Å². The number of carbonyl (C=O) groups excluding carboxylic acids is 2. The largest absolute Gasteiger partial charge is 0.345 e. The molecule has 0 aliphatic carbocycles. The number of carbonyl (C=O) groups is 2. The summed E-state index contributed by atoms with van der Waals surface area (Å²) in [4.78, 5) is 58.4. The Labute approximate surface area is 315 Å². The molecule has 1 fully saturated rings. The smallest absolute Gasteiger partial charge is 0.245 e. The zero-order valence-electron chi connectivity index (χ0n) is 31.3. The van der Waals surface area contributed by atoms with Crippen molar-refractivity contribution in [1.29, 1.82) is 0 Å². The van der Waals surface area contributed by atoms with Crippen LogP contribution in [-0.4, -0.2) is 91.2 Å². The van der Waals surface area contributed by atoms with E-state index >= 15 is 0 Å². The van der Waals surface area contributed by atoms with Crippen LogP contribution in [0.1, 0.15) is 66.7 Å². The summed E-state index contributed by atoms with van der Waals surface area (Å²) < 4.78 is 0. The fourth-order valence-corrected chi connectivity index (χ4v) is 7.22. The molecule has 3 aromatic heterocycles. The second-order valence-electron chi connectivity index (χ2n) is 14.2. The fourth-order valence-electron chi connectivity index (χ4n) is 7.22. The molecule has 1 aliphatic rings. The molecule has 0 spiro atoms. The van der Waals surface area contributed by atoms with Crippen LogP contribution in [-0.2, 0) is 9.59 Å². The number of imidazole rings is 2. The van der Waals surface area contributed by atoms with Crippen LogP contribution in [0.2, 0.25) is 0 Å². The van der Waals surface area contributed by atoms with Gasteiger partial charge < -0.3 is 20.2 Å². The summed E-state index contributed by atoms with van der Waals surface area (Å²) in [7, 11) is 7.68. The summed E-state index contributed by atoms with van der Waals surface area (Å²) >= 11 is 0. The molecule has 1 saturated heterocycles. The standard InChI is InChI=1S/C42H46N10O2/c1-27(47-41(53)36(50(2)3)29-13-8-6-9-14-29)38-45-26-34(48-38)32-23-43-39(44-24-32)31-20-18-28(19-21-31)33-25-46-40(49-33)35-17-12-22-52(35)42(54)37(51(4)5)30-15-10-7-11-16-30/h6-11,13-16,18-21,23-27,35-37H,12,17,22H2,1-5H3,(H,45,48)(H,46,49)(H,47,53)/t27-,35+,36+,37+/m0/s1. The first-order valence-corrected chi connectivity index (χ1v) is 18.2. The van der Waals surface area contributed by atoms with Gasteiger partial charge >= 0.3 is 0 Å². The lowest BCUT2D eigenvalue weighted by Gasteiger charge is -2.31. The minimum atomic E-state index is -0.420. The minimum Gasteiger partial charge on any atom is -0.345 e. The number of likely N-dealkylation sites (N-methyl/N-ethyl adjacent to an activating group) is 2. The van der Waals surface area contributed by atoms with Crippen molar-refractivity contribution >= 4 is 11.8 Å². The Morgan fingerprint density at radius 1 is 0.704 bits per heavy atom. The van der Waals surface area contributed by atoms with E-state index in [4.69, 9.17) is 4.98 Å². The van der Waals surface area contributed by atoms with Crippen LogP contribution in [0.4, 0.5) is 0 Å². The van der Waals surface area contributed by atoms with Crippen molar-refractivity contribution in [2.75, 3.05) is 34.7 Å². The molecule has 12 heteroatoms. The summed E-state index contributed by atoms with van der Waals surface area (Å²) in [5.41, 5.74) is 6.20. The van der Waals surface area contributed by atoms with Gasteiger partial charge in [0.1, 0.15) is 23.7 Å². The Morgan fingerprint density at radius 3 is 1.91 bits per heavy atom. The van der Waals surface area contributed by atoms with Crippen LogP contribution in [0.25, 0.3) is 33.9 Å². The molecule has 2 amide bonds. The molecule has 3 aromatic carbocycles. The van der Waals surface area contributed by atoms with Gasteiger partial charge in [-0.2, -0.15) is 0 Å². The third-order valence-electron chi connectivity index (χ3n) is 9.97. The van der Waals surface area contributed by atoms with Gasteiger partial charge in [-0.05, 0) is 64.6 Å².